The molecule has 22 heavy (non-hydrogen) atoms. The number of carbonyl (C=O) groups is 2. The highest BCUT2D eigenvalue weighted by Gasteiger charge is 2.46. The van der Waals surface area contributed by atoms with Gasteiger partial charge in [-0.3, -0.25) is 14.6 Å². The summed E-state index contributed by atoms with van der Waals surface area (Å²) in [6.45, 7) is 0.470. The van der Waals surface area contributed by atoms with Crippen LogP contribution >= 0.6 is 12.6 Å². The van der Waals surface area contributed by atoms with Gasteiger partial charge < -0.3 is 0 Å². The van der Waals surface area contributed by atoms with Gasteiger partial charge in [0.25, 0.3) is 0 Å². The summed E-state index contributed by atoms with van der Waals surface area (Å²) in [7, 11) is 0. The van der Waals surface area contributed by atoms with E-state index >= 15 is 0 Å². The summed E-state index contributed by atoms with van der Waals surface area (Å²) in [5, 5.41) is 3.08. The largest absolute Gasteiger partial charge is 0.299 e. The molecule has 3 rings (SSSR count). The monoisotopic (exact) mass is 326 g/mol. The molecular weight excluding hydrogens is 310 g/mol. The van der Waals surface area contributed by atoms with Crippen molar-refractivity contribution < 1.29 is 18.4 Å². The number of amides is 1. The van der Waals surface area contributed by atoms with Crippen LogP contribution in [-0.4, -0.2) is 33.1 Å². The second-order valence-electron chi connectivity index (χ2n) is 5.77. The van der Waals surface area contributed by atoms with Crippen molar-refractivity contribution in [3.05, 3.63) is 35.4 Å². The molecular formula is C15H16F2N2O2S. The van der Waals surface area contributed by atoms with Gasteiger partial charge in [0.15, 0.2) is 11.6 Å². The van der Waals surface area contributed by atoms with E-state index in [1.165, 1.54) is 17.1 Å². The standard InChI is InChI=1S/C15H16F2N2O2S/c16-12-4-1-3-10(14(12)17)9-18-13(21)7-11(20)8-15(22)5-2-6-19(15)18/h1,3-4,22H,2,5-9H2/t15-/m0/s1. The predicted molar refractivity (Wildman–Crippen MR) is 78.8 cm³/mol. The topological polar surface area (TPSA) is 40.6 Å². The number of fused-ring (bicyclic) bond motifs is 1. The van der Waals surface area contributed by atoms with E-state index < -0.39 is 22.4 Å². The maximum atomic E-state index is 13.9. The Labute approximate surface area is 132 Å². The van der Waals surface area contributed by atoms with Gasteiger partial charge in [0, 0.05) is 18.5 Å². The molecule has 2 saturated heterocycles. The Kier molecular flexibility index (Phi) is 3.94. The normalized spacial score (nSPS) is 26.2. The SMILES string of the molecule is O=C1CC(=O)N(Cc2cccc(F)c2F)N2CCC[C@]2(S)C1. The molecule has 1 atom stereocenters. The number of benzene rings is 1. The highest BCUT2D eigenvalue weighted by molar-refractivity contribution is 7.81. The fourth-order valence-electron chi connectivity index (χ4n) is 3.15. The smallest absolute Gasteiger partial charge is 0.244 e. The number of hydrazine groups is 1. The highest BCUT2D eigenvalue weighted by atomic mass is 32.1. The van der Waals surface area contributed by atoms with Gasteiger partial charge in [0.1, 0.15) is 5.78 Å². The first-order chi connectivity index (χ1) is 10.4. The second kappa shape index (κ2) is 5.62. The molecule has 118 valence electrons. The zero-order valence-corrected chi connectivity index (χ0v) is 12.8. The molecule has 2 heterocycles. The van der Waals surface area contributed by atoms with Crippen LogP contribution in [0.15, 0.2) is 18.2 Å². The minimum atomic E-state index is -0.963. The maximum absolute atomic E-state index is 13.9. The first kappa shape index (κ1) is 15.4. The molecule has 2 aliphatic rings. The van der Waals surface area contributed by atoms with E-state index in [-0.39, 0.29) is 30.7 Å². The van der Waals surface area contributed by atoms with Crippen molar-refractivity contribution in [3.63, 3.8) is 0 Å². The minimum Gasteiger partial charge on any atom is -0.299 e. The average Bonchev–Trinajstić information content (AvgIpc) is 2.77. The number of carbonyl (C=O) groups excluding carboxylic acids is 2. The summed E-state index contributed by atoms with van der Waals surface area (Å²) < 4.78 is 27.2. The Hall–Kier alpha value is -1.47. The second-order valence-corrected chi connectivity index (χ2v) is 6.60. The molecule has 4 nitrogen and oxygen atoms in total. The van der Waals surface area contributed by atoms with Gasteiger partial charge >= 0.3 is 0 Å². The molecule has 2 aliphatic heterocycles. The number of hydrogen-bond donors (Lipinski definition) is 1. The fraction of sp³-hybridized carbons (Fsp3) is 0.467. The lowest BCUT2D eigenvalue weighted by molar-refractivity contribution is -0.151. The van der Waals surface area contributed by atoms with E-state index in [2.05, 4.69) is 12.6 Å². The van der Waals surface area contributed by atoms with Gasteiger partial charge in [-0.25, -0.2) is 13.8 Å². The van der Waals surface area contributed by atoms with Crippen LogP contribution in [0.25, 0.3) is 0 Å². The molecule has 0 saturated carbocycles. The molecule has 0 spiro atoms. The number of nitrogens with zero attached hydrogens (tertiary/aromatic N) is 2. The van der Waals surface area contributed by atoms with Crippen LogP contribution < -0.4 is 0 Å². The van der Waals surface area contributed by atoms with Gasteiger partial charge in [-0.05, 0) is 18.9 Å². The van der Waals surface area contributed by atoms with Crippen molar-refractivity contribution in [1.82, 2.24) is 10.0 Å². The Morgan fingerprint density at radius 3 is 2.82 bits per heavy atom. The van der Waals surface area contributed by atoms with Crippen molar-refractivity contribution in [2.24, 2.45) is 0 Å². The van der Waals surface area contributed by atoms with Crippen LogP contribution in [0, 0.1) is 11.6 Å². The summed E-state index contributed by atoms with van der Waals surface area (Å²) in [4.78, 5) is 23.5. The zero-order valence-electron chi connectivity index (χ0n) is 11.9. The van der Waals surface area contributed by atoms with Crippen molar-refractivity contribution in [2.75, 3.05) is 6.54 Å². The summed E-state index contributed by atoms with van der Waals surface area (Å²) in [6, 6.07) is 3.87. The third-order valence-corrected chi connectivity index (χ3v) is 4.80. The minimum absolute atomic E-state index is 0.0882. The molecule has 0 aliphatic carbocycles. The lowest BCUT2D eigenvalue weighted by atomic mass is 10.1. The van der Waals surface area contributed by atoms with Crippen LogP contribution in [0.4, 0.5) is 8.78 Å². The molecule has 0 unspecified atom stereocenters. The molecule has 0 radical (unpaired) electrons. The summed E-state index contributed by atoms with van der Waals surface area (Å²) in [5.41, 5.74) is 0.0882. The Bertz CT molecular complexity index is 640. The fourth-order valence-corrected chi connectivity index (χ4v) is 3.69. The van der Waals surface area contributed by atoms with Crippen molar-refractivity contribution in [1.29, 1.82) is 0 Å². The molecule has 0 bridgehead atoms. The van der Waals surface area contributed by atoms with Crippen molar-refractivity contribution in [3.8, 4) is 0 Å². The third-order valence-electron chi connectivity index (χ3n) is 4.19. The molecule has 0 N–H and O–H groups in total. The number of halogens is 2. The van der Waals surface area contributed by atoms with Crippen LogP contribution in [-0.2, 0) is 16.1 Å². The average molecular weight is 326 g/mol. The van der Waals surface area contributed by atoms with E-state index in [9.17, 15) is 18.4 Å². The lowest BCUT2D eigenvalue weighted by Crippen LogP contribution is -2.51. The molecule has 1 aromatic carbocycles. The number of Topliss-reactive ketones (excluding diaryl/α,β-unsaturated/α-hetero) is 1. The first-order valence-electron chi connectivity index (χ1n) is 7.15. The predicted octanol–water partition coefficient (Wildman–Crippen LogP) is 2.29. The molecule has 1 aromatic rings. The van der Waals surface area contributed by atoms with Crippen molar-refractivity contribution in [2.45, 2.75) is 37.1 Å². The molecule has 1 amide bonds. The van der Waals surface area contributed by atoms with E-state index in [0.717, 1.165) is 12.5 Å². The van der Waals surface area contributed by atoms with E-state index in [0.29, 0.717) is 13.0 Å². The number of ketones is 1. The van der Waals surface area contributed by atoms with E-state index in [1.807, 2.05) is 0 Å². The van der Waals surface area contributed by atoms with Crippen LogP contribution in [0.5, 0.6) is 0 Å². The molecule has 0 aromatic heterocycles. The van der Waals surface area contributed by atoms with Gasteiger partial charge in [0.2, 0.25) is 5.91 Å². The highest BCUT2D eigenvalue weighted by Crippen LogP contribution is 2.40. The quantitative estimate of drug-likeness (QED) is 0.670. The van der Waals surface area contributed by atoms with E-state index in [1.54, 1.807) is 5.01 Å². The van der Waals surface area contributed by atoms with Gasteiger partial charge in [-0.15, -0.1) is 0 Å². The van der Waals surface area contributed by atoms with Crippen LogP contribution in [0.2, 0.25) is 0 Å². The molecule has 7 heteroatoms. The van der Waals surface area contributed by atoms with Crippen LogP contribution in [0.1, 0.15) is 31.2 Å². The van der Waals surface area contributed by atoms with Gasteiger partial charge in [-0.2, -0.15) is 12.6 Å². The summed E-state index contributed by atoms with van der Waals surface area (Å²) in [5.74, 6) is -2.48. The number of hydrogen-bond acceptors (Lipinski definition) is 4. The van der Waals surface area contributed by atoms with Crippen molar-refractivity contribution >= 4 is 24.3 Å². The number of rotatable bonds is 2. The van der Waals surface area contributed by atoms with E-state index in [4.69, 9.17) is 0 Å². The lowest BCUT2D eigenvalue weighted by Gasteiger charge is -2.39. The number of thiol groups is 1. The Morgan fingerprint density at radius 1 is 1.27 bits per heavy atom. The van der Waals surface area contributed by atoms with Gasteiger partial charge in [-0.1, -0.05) is 12.1 Å². The first-order valence-corrected chi connectivity index (χ1v) is 7.60. The van der Waals surface area contributed by atoms with Gasteiger partial charge in [0.05, 0.1) is 17.8 Å². The molecule has 2 fully saturated rings. The summed E-state index contributed by atoms with van der Waals surface area (Å²) in [6.07, 6.45) is 1.43. The third kappa shape index (κ3) is 2.63. The summed E-state index contributed by atoms with van der Waals surface area (Å²) >= 11 is 4.59. The Morgan fingerprint density at radius 2 is 2.05 bits per heavy atom. The maximum Gasteiger partial charge on any atom is 0.244 e. The van der Waals surface area contributed by atoms with Crippen LogP contribution in [0.3, 0.4) is 0 Å². The zero-order chi connectivity index (χ0) is 15.9. The Balaban J connectivity index is 1.94.